The molecule has 1 unspecified atom stereocenters. The van der Waals surface area contributed by atoms with E-state index < -0.39 is 5.97 Å². The molecule has 1 aliphatic rings. The first-order valence-electron chi connectivity index (χ1n) is 5.84. The standard InChI is InChI=1S/C12H22O2/c1-3-10(2)9-12(11(13)14)7-5-4-6-8-12/h10H,3-9H2,1-2H3,(H,13,14). The summed E-state index contributed by atoms with van der Waals surface area (Å²) in [5.74, 6) is -0.0123. The fourth-order valence-electron chi connectivity index (χ4n) is 2.55. The summed E-state index contributed by atoms with van der Waals surface area (Å²) in [5, 5.41) is 9.33. The molecule has 0 aromatic heterocycles. The van der Waals surface area contributed by atoms with Gasteiger partial charge < -0.3 is 5.11 Å². The number of carboxylic acids is 1. The highest BCUT2D eigenvalue weighted by Gasteiger charge is 2.39. The molecule has 0 aliphatic heterocycles. The van der Waals surface area contributed by atoms with Crippen molar-refractivity contribution in [2.75, 3.05) is 0 Å². The van der Waals surface area contributed by atoms with Gasteiger partial charge in [-0.1, -0.05) is 39.5 Å². The Morgan fingerprint density at radius 3 is 2.36 bits per heavy atom. The van der Waals surface area contributed by atoms with Crippen LogP contribution in [-0.4, -0.2) is 11.1 Å². The van der Waals surface area contributed by atoms with Crippen molar-refractivity contribution in [1.29, 1.82) is 0 Å². The molecule has 1 aliphatic carbocycles. The summed E-state index contributed by atoms with van der Waals surface area (Å²) in [6.07, 6.45) is 7.17. The summed E-state index contributed by atoms with van der Waals surface area (Å²) in [5.41, 5.74) is -0.381. The van der Waals surface area contributed by atoms with E-state index in [9.17, 15) is 9.90 Å². The van der Waals surface area contributed by atoms with Gasteiger partial charge in [-0.3, -0.25) is 4.79 Å². The summed E-state index contributed by atoms with van der Waals surface area (Å²) >= 11 is 0. The van der Waals surface area contributed by atoms with Crippen molar-refractivity contribution < 1.29 is 9.90 Å². The van der Waals surface area contributed by atoms with Crippen LogP contribution >= 0.6 is 0 Å². The third-order valence-electron chi connectivity index (χ3n) is 3.70. The minimum Gasteiger partial charge on any atom is -0.481 e. The zero-order chi connectivity index (χ0) is 10.6. The lowest BCUT2D eigenvalue weighted by molar-refractivity contribution is -0.152. The fourth-order valence-corrected chi connectivity index (χ4v) is 2.55. The van der Waals surface area contributed by atoms with E-state index in [0.29, 0.717) is 5.92 Å². The van der Waals surface area contributed by atoms with Gasteiger partial charge in [0.15, 0.2) is 0 Å². The second-order valence-corrected chi connectivity index (χ2v) is 4.86. The Hall–Kier alpha value is -0.530. The minimum atomic E-state index is -0.558. The number of rotatable bonds is 4. The molecule has 14 heavy (non-hydrogen) atoms. The lowest BCUT2D eigenvalue weighted by atomic mass is 9.69. The highest BCUT2D eigenvalue weighted by Crippen LogP contribution is 2.42. The van der Waals surface area contributed by atoms with Crippen molar-refractivity contribution >= 4 is 5.97 Å². The molecule has 1 N–H and O–H groups in total. The van der Waals surface area contributed by atoms with Crippen molar-refractivity contribution in [2.45, 2.75) is 58.8 Å². The molecule has 2 heteroatoms. The van der Waals surface area contributed by atoms with Gasteiger partial charge in [-0.25, -0.2) is 0 Å². The van der Waals surface area contributed by atoms with E-state index in [-0.39, 0.29) is 5.41 Å². The summed E-state index contributed by atoms with van der Waals surface area (Å²) in [4.78, 5) is 11.3. The van der Waals surface area contributed by atoms with Gasteiger partial charge in [0.1, 0.15) is 0 Å². The summed E-state index contributed by atoms with van der Waals surface area (Å²) in [6.45, 7) is 4.31. The van der Waals surface area contributed by atoms with Crippen LogP contribution in [0.15, 0.2) is 0 Å². The Morgan fingerprint density at radius 1 is 1.36 bits per heavy atom. The van der Waals surface area contributed by atoms with Crippen LogP contribution in [0.3, 0.4) is 0 Å². The molecule has 1 fully saturated rings. The van der Waals surface area contributed by atoms with Crippen molar-refractivity contribution in [1.82, 2.24) is 0 Å². The second-order valence-electron chi connectivity index (χ2n) is 4.86. The predicted octanol–water partition coefficient (Wildman–Crippen LogP) is 3.46. The maximum atomic E-state index is 11.3. The SMILES string of the molecule is CCC(C)CC1(C(=O)O)CCCCC1. The van der Waals surface area contributed by atoms with Crippen LogP contribution in [0, 0.1) is 11.3 Å². The van der Waals surface area contributed by atoms with Crippen molar-refractivity contribution in [3.05, 3.63) is 0 Å². The van der Waals surface area contributed by atoms with Crippen molar-refractivity contribution in [2.24, 2.45) is 11.3 Å². The van der Waals surface area contributed by atoms with E-state index in [1.165, 1.54) is 6.42 Å². The van der Waals surface area contributed by atoms with Gasteiger partial charge in [0.2, 0.25) is 0 Å². The predicted molar refractivity (Wildman–Crippen MR) is 57.2 cm³/mol. The van der Waals surface area contributed by atoms with Crippen LogP contribution in [0.2, 0.25) is 0 Å². The Balaban J connectivity index is 2.65. The van der Waals surface area contributed by atoms with Crippen LogP contribution in [0.25, 0.3) is 0 Å². The molecule has 1 atom stereocenters. The Kier molecular flexibility index (Phi) is 3.97. The first-order chi connectivity index (χ1) is 6.60. The quantitative estimate of drug-likeness (QED) is 0.751. The van der Waals surface area contributed by atoms with Gasteiger partial charge in [0, 0.05) is 0 Å². The molecule has 0 aromatic carbocycles. The van der Waals surface area contributed by atoms with E-state index in [0.717, 1.165) is 38.5 Å². The van der Waals surface area contributed by atoms with Gasteiger partial charge in [0.25, 0.3) is 0 Å². The van der Waals surface area contributed by atoms with E-state index in [1.807, 2.05) is 0 Å². The van der Waals surface area contributed by atoms with Crippen LogP contribution < -0.4 is 0 Å². The molecular formula is C12H22O2. The van der Waals surface area contributed by atoms with Gasteiger partial charge in [-0.15, -0.1) is 0 Å². The molecule has 82 valence electrons. The molecule has 1 rings (SSSR count). The number of carboxylic acid groups (broad SMARTS) is 1. The average molecular weight is 198 g/mol. The monoisotopic (exact) mass is 198 g/mol. The Morgan fingerprint density at radius 2 is 1.93 bits per heavy atom. The molecule has 0 bridgehead atoms. The van der Waals surface area contributed by atoms with E-state index in [1.54, 1.807) is 0 Å². The van der Waals surface area contributed by atoms with Crippen molar-refractivity contribution in [3.8, 4) is 0 Å². The maximum absolute atomic E-state index is 11.3. The molecule has 0 saturated heterocycles. The third-order valence-corrected chi connectivity index (χ3v) is 3.70. The molecule has 0 aromatic rings. The number of aliphatic carboxylic acids is 1. The molecule has 2 nitrogen and oxygen atoms in total. The van der Waals surface area contributed by atoms with Gasteiger partial charge in [0.05, 0.1) is 5.41 Å². The van der Waals surface area contributed by atoms with Crippen LogP contribution in [0.1, 0.15) is 58.8 Å². The first kappa shape index (κ1) is 11.5. The number of hydrogen-bond acceptors (Lipinski definition) is 1. The first-order valence-corrected chi connectivity index (χ1v) is 5.84. The molecule has 0 amide bonds. The fraction of sp³-hybridized carbons (Fsp3) is 0.917. The number of hydrogen-bond donors (Lipinski definition) is 1. The molecule has 1 saturated carbocycles. The largest absolute Gasteiger partial charge is 0.481 e. The van der Waals surface area contributed by atoms with Crippen LogP contribution in [0.5, 0.6) is 0 Å². The third kappa shape index (κ3) is 2.49. The van der Waals surface area contributed by atoms with E-state index >= 15 is 0 Å². The normalized spacial score (nSPS) is 23.0. The highest BCUT2D eigenvalue weighted by molar-refractivity contribution is 5.74. The molecule has 0 heterocycles. The number of carbonyl (C=O) groups is 1. The molecular weight excluding hydrogens is 176 g/mol. The van der Waals surface area contributed by atoms with Crippen LogP contribution in [0.4, 0.5) is 0 Å². The van der Waals surface area contributed by atoms with E-state index in [2.05, 4.69) is 13.8 Å². The topological polar surface area (TPSA) is 37.3 Å². The minimum absolute atomic E-state index is 0.381. The van der Waals surface area contributed by atoms with E-state index in [4.69, 9.17) is 0 Å². The molecule has 0 radical (unpaired) electrons. The lowest BCUT2D eigenvalue weighted by Gasteiger charge is -2.35. The average Bonchev–Trinajstić information content (AvgIpc) is 2.19. The van der Waals surface area contributed by atoms with Crippen LogP contribution in [-0.2, 0) is 4.79 Å². The Bertz CT molecular complexity index is 192. The zero-order valence-electron chi connectivity index (χ0n) is 9.38. The van der Waals surface area contributed by atoms with Gasteiger partial charge in [-0.2, -0.15) is 0 Å². The second kappa shape index (κ2) is 4.81. The zero-order valence-corrected chi connectivity index (χ0v) is 9.38. The molecule has 0 spiro atoms. The lowest BCUT2D eigenvalue weighted by Crippen LogP contribution is -2.34. The summed E-state index contributed by atoms with van der Waals surface area (Å²) in [7, 11) is 0. The Labute approximate surface area is 86.7 Å². The van der Waals surface area contributed by atoms with Gasteiger partial charge in [-0.05, 0) is 25.2 Å². The maximum Gasteiger partial charge on any atom is 0.309 e. The summed E-state index contributed by atoms with van der Waals surface area (Å²) < 4.78 is 0. The highest BCUT2D eigenvalue weighted by atomic mass is 16.4. The smallest absolute Gasteiger partial charge is 0.309 e. The van der Waals surface area contributed by atoms with Crippen molar-refractivity contribution in [3.63, 3.8) is 0 Å². The van der Waals surface area contributed by atoms with Gasteiger partial charge >= 0.3 is 5.97 Å². The summed E-state index contributed by atoms with van der Waals surface area (Å²) in [6, 6.07) is 0.